The Morgan fingerprint density at radius 3 is 2.17 bits per heavy atom. The van der Waals surface area contributed by atoms with Crippen LogP contribution in [0.3, 0.4) is 0 Å². The summed E-state index contributed by atoms with van der Waals surface area (Å²) in [6, 6.07) is 4.33. The van der Waals surface area contributed by atoms with Crippen LogP contribution in [0.2, 0.25) is 0 Å². The Kier molecular flexibility index (Phi) is 4.34. The van der Waals surface area contributed by atoms with Crippen LogP contribution >= 0.6 is 0 Å². The van der Waals surface area contributed by atoms with Gasteiger partial charge in [0.1, 0.15) is 18.8 Å². The second-order valence-corrected chi connectivity index (χ2v) is 7.64. The van der Waals surface area contributed by atoms with Crippen molar-refractivity contribution in [2.75, 3.05) is 24.7 Å². The standard InChI is InChI=1S/C17H13NO10S/c19-16(20)9-5-12-13(28-7-27-12)6-11(9)18-29(23,24)8-3-10(17(21)22)15-14(4-8)25-1-2-26-15/h3-6,18H,1-2,7H2,(H,19,20)(H,21,22). The van der Waals surface area contributed by atoms with Crippen LogP contribution in [-0.4, -0.2) is 50.6 Å². The summed E-state index contributed by atoms with van der Waals surface area (Å²) in [6.07, 6.45) is 0. The Hall–Kier alpha value is -3.67. The molecule has 0 spiro atoms. The molecule has 2 aliphatic rings. The Morgan fingerprint density at radius 1 is 0.828 bits per heavy atom. The maximum Gasteiger partial charge on any atom is 0.339 e. The van der Waals surface area contributed by atoms with E-state index in [1.165, 1.54) is 6.07 Å². The smallest absolute Gasteiger partial charge is 0.339 e. The van der Waals surface area contributed by atoms with E-state index in [0.29, 0.717) is 0 Å². The zero-order valence-corrected chi connectivity index (χ0v) is 15.3. The molecule has 152 valence electrons. The molecule has 11 nitrogen and oxygen atoms in total. The first-order valence-corrected chi connectivity index (χ1v) is 9.61. The number of sulfonamides is 1. The number of hydrogen-bond donors (Lipinski definition) is 3. The summed E-state index contributed by atoms with van der Waals surface area (Å²) in [6.45, 7) is 0.111. The van der Waals surface area contributed by atoms with E-state index < -0.39 is 32.4 Å². The van der Waals surface area contributed by atoms with Gasteiger partial charge in [0.05, 0.1) is 16.1 Å². The summed E-state index contributed by atoms with van der Waals surface area (Å²) in [5.74, 6) is -2.58. The van der Waals surface area contributed by atoms with Gasteiger partial charge in [-0.1, -0.05) is 0 Å². The molecule has 0 bridgehead atoms. The summed E-state index contributed by atoms with van der Waals surface area (Å²) in [7, 11) is -4.38. The second-order valence-electron chi connectivity index (χ2n) is 5.96. The number of carboxylic acid groups (broad SMARTS) is 2. The molecular weight excluding hydrogens is 410 g/mol. The van der Waals surface area contributed by atoms with Crippen molar-refractivity contribution in [3.05, 3.63) is 35.4 Å². The van der Waals surface area contributed by atoms with Crippen LogP contribution in [0.25, 0.3) is 0 Å². The van der Waals surface area contributed by atoms with Crippen molar-refractivity contribution >= 4 is 27.6 Å². The van der Waals surface area contributed by atoms with Gasteiger partial charge in [-0.15, -0.1) is 0 Å². The highest BCUT2D eigenvalue weighted by atomic mass is 32.2. The van der Waals surface area contributed by atoms with Crippen molar-refractivity contribution in [1.82, 2.24) is 0 Å². The van der Waals surface area contributed by atoms with Crippen LogP contribution in [0.5, 0.6) is 23.0 Å². The van der Waals surface area contributed by atoms with Gasteiger partial charge in [0.2, 0.25) is 6.79 Å². The van der Waals surface area contributed by atoms with Crippen LogP contribution in [0, 0.1) is 0 Å². The molecule has 0 unspecified atom stereocenters. The van der Waals surface area contributed by atoms with Crippen LogP contribution < -0.4 is 23.7 Å². The molecule has 3 N–H and O–H groups in total. The molecule has 4 rings (SSSR count). The number of aromatic carboxylic acids is 2. The monoisotopic (exact) mass is 423 g/mol. The minimum Gasteiger partial charge on any atom is -0.486 e. The van der Waals surface area contributed by atoms with Gasteiger partial charge in [0, 0.05) is 18.2 Å². The highest BCUT2D eigenvalue weighted by Gasteiger charge is 2.28. The molecule has 29 heavy (non-hydrogen) atoms. The van der Waals surface area contributed by atoms with Crippen molar-refractivity contribution in [2.45, 2.75) is 4.90 Å². The molecule has 0 fully saturated rings. The van der Waals surface area contributed by atoms with E-state index in [9.17, 15) is 28.2 Å². The van der Waals surface area contributed by atoms with Gasteiger partial charge in [0.15, 0.2) is 23.0 Å². The lowest BCUT2D eigenvalue weighted by atomic mass is 10.1. The maximum atomic E-state index is 12.9. The van der Waals surface area contributed by atoms with Crippen molar-refractivity contribution in [3.63, 3.8) is 0 Å². The number of anilines is 1. The molecule has 0 saturated heterocycles. The first-order valence-electron chi connectivity index (χ1n) is 8.13. The molecule has 2 aromatic rings. The highest BCUT2D eigenvalue weighted by molar-refractivity contribution is 7.92. The van der Waals surface area contributed by atoms with Crippen LogP contribution in [0.15, 0.2) is 29.2 Å². The molecule has 12 heteroatoms. The lowest BCUT2D eigenvalue weighted by molar-refractivity contribution is 0.0679. The lowest BCUT2D eigenvalue weighted by Crippen LogP contribution is -2.20. The summed E-state index contributed by atoms with van der Waals surface area (Å²) < 4.78 is 48.7. The number of fused-ring (bicyclic) bond motifs is 2. The van der Waals surface area contributed by atoms with E-state index in [4.69, 9.17) is 18.9 Å². The predicted octanol–water partition coefficient (Wildman–Crippen LogP) is 1.38. The van der Waals surface area contributed by atoms with Crippen LogP contribution in [0.1, 0.15) is 20.7 Å². The average Bonchev–Trinajstić information content (AvgIpc) is 3.13. The quantitative estimate of drug-likeness (QED) is 0.641. The maximum absolute atomic E-state index is 12.9. The van der Waals surface area contributed by atoms with Crippen molar-refractivity contribution in [1.29, 1.82) is 0 Å². The number of hydrogen-bond acceptors (Lipinski definition) is 8. The first-order chi connectivity index (χ1) is 13.8. The molecule has 2 heterocycles. The molecule has 0 aromatic heterocycles. The number of carbonyl (C=O) groups is 2. The largest absolute Gasteiger partial charge is 0.486 e. The molecule has 2 aliphatic heterocycles. The van der Waals surface area contributed by atoms with Gasteiger partial charge in [-0.25, -0.2) is 18.0 Å². The highest BCUT2D eigenvalue weighted by Crippen LogP contribution is 2.39. The molecular formula is C17H13NO10S. The third kappa shape index (κ3) is 3.33. The Bertz CT molecular complexity index is 1140. The van der Waals surface area contributed by atoms with Gasteiger partial charge in [-0.3, -0.25) is 4.72 Å². The Balaban J connectivity index is 1.78. The predicted molar refractivity (Wildman–Crippen MR) is 94.7 cm³/mol. The summed E-state index contributed by atoms with van der Waals surface area (Å²) in [4.78, 5) is 22.6. The van der Waals surface area contributed by atoms with Gasteiger partial charge < -0.3 is 29.2 Å². The van der Waals surface area contributed by atoms with Gasteiger partial charge in [0.25, 0.3) is 10.0 Å². The zero-order chi connectivity index (χ0) is 20.8. The van der Waals surface area contributed by atoms with Crippen molar-refractivity contribution in [2.24, 2.45) is 0 Å². The number of nitrogens with one attached hydrogen (secondary N) is 1. The minimum atomic E-state index is -4.38. The Labute approximate surface area is 163 Å². The zero-order valence-electron chi connectivity index (χ0n) is 14.5. The average molecular weight is 423 g/mol. The molecule has 0 atom stereocenters. The first kappa shape index (κ1) is 18.7. The van der Waals surface area contributed by atoms with Gasteiger partial charge in [-0.2, -0.15) is 0 Å². The van der Waals surface area contributed by atoms with E-state index >= 15 is 0 Å². The van der Waals surface area contributed by atoms with E-state index in [2.05, 4.69) is 4.72 Å². The van der Waals surface area contributed by atoms with Crippen LogP contribution in [0.4, 0.5) is 5.69 Å². The fraction of sp³-hybridized carbons (Fsp3) is 0.176. The summed E-state index contributed by atoms with van der Waals surface area (Å²) >= 11 is 0. The number of ether oxygens (including phenoxy) is 4. The van der Waals surface area contributed by atoms with E-state index in [0.717, 1.165) is 18.2 Å². The molecule has 0 aliphatic carbocycles. The van der Waals surface area contributed by atoms with E-state index in [-0.39, 0.29) is 54.3 Å². The van der Waals surface area contributed by atoms with Crippen LogP contribution in [-0.2, 0) is 10.0 Å². The second kappa shape index (κ2) is 6.74. The summed E-state index contributed by atoms with van der Waals surface area (Å²) in [5, 5.41) is 18.8. The van der Waals surface area contributed by atoms with E-state index in [1.807, 2.05) is 0 Å². The van der Waals surface area contributed by atoms with Gasteiger partial charge >= 0.3 is 11.9 Å². The number of carboxylic acids is 2. The SMILES string of the molecule is O=C(O)c1cc2c(cc1NS(=O)(=O)c1cc3c(c(C(=O)O)c1)OCCO3)OCO2. The van der Waals surface area contributed by atoms with Crippen molar-refractivity contribution < 1.29 is 47.2 Å². The number of benzene rings is 2. The topological polar surface area (TPSA) is 158 Å². The third-order valence-corrected chi connectivity index (χ3v) is 5.49. The number of rotatable bonds is 5. The molecule has 0 radical (unpaired) electrons. The van der Waals surface area contributed by atoms with Crippen molar-refractivity contribution in [3.8, 4) is 23.0 Å². The van der Waals surface area contributed by atoms with Gasteiger partial charge in [-0.05, 0) is 6.07 Å². The lowest BCUT2D eigenvalue weighted by Gasteiger charge is -2.21. The fourth-order valence-electron chi connectivity index (χ4n) is 2.85. The fourth-order valence-corrected chi connectivity index (χ4v) is 3.96. The minimum absolute atomic E-state index is 0.0410. The molecule has 0 saturated carbocycles. The third-order valence-electron chi connectivity index (χ3n) is 4.14. The normalized spacial score (nSPS) is 14.3. The van der Waals surface area contributed by atoms with E-state index in [1.54, 1.807) is 0 Å². The molecule has 0 amide bonds. The summed E-state index contributed by atoms with van der Waals surface area (Å²) in [5.41, 5.74) is -1.03. The molecule has 2 aromatic carbocycles. The Morgan fingerprint density at radius 2 is 1.48 bits per heavy atom.